The van der Waals surface area contributed by atoms with Gasteiger partial charge in [0, 0.05) is 25.2 Å². The van der Waals surface area contributed by atoms with Crippen molar-refractivity contribution in [3.63, 3.8) is 0 Å². The molecule has 0 fully saturated rings. The van der Waals surface area contributed by atoms with Crippen molar-refractivity contribution in [2.45, 2.75) is 6.18 Å². The number of anilines is 1. The first-order valence-electron chi connectivity index (χ1n) is 6.65. The highest BCUT2D eigenvalue weighted by Gasteiger charge is 2.34. The van der Waals surface area contributed by atoms with E-state index in [1.165, 1.54) is 31.1 Å². The molecule has 0 aliphatic heterocycles. The second kappa shape index (κ2) is 6.93. The number of nitrogens with zero attached hydrogens (tertiary/aromatic N) is 2. The number of carbonyl (C=O) groups is 2. The summed E-state index contributed by atoms with van der Waals surface area (Å²) < 4.78 is 37.7. The maximum atomic E-state index is 12.6. The Morgan fingerprint density at radius 3 is 2.36 bits per heavy atom. The number of alkyl halides is 3. The van der Waals surface area contributed by atoms with Crippen LogP contribution in [0.2, 0.25) is 10.0 Å². The van der Waals surface area contributed by atoms with E-state index in [9.17, 15) is 22.8 Å². The van der Waals surface area contributed by atoms with E-state index in [0.29, 0.717) is 6.07 Å². The van der Waals surface area contributed by atoms with Crippen LogP contribution in [0.3, 0.4) is 0 Å². The number of hydrogen-bond donors (Lipinski definition) is 2. The van der Waals surface area contributed by atoms with Gasteiger partial charge in [-0.05, 0) is 12.1 Å². The van der Waals surface area contributed by atoms with Crippen molar-refractivity contribution in [2.24, 2.45) is 0 Å². The average molecular weight is 395 g/mol. The Hall–Kier alpha value is -2.26. The van der Waals surface area contributed by atoms with Crippen molar-refractivity contribution in [3.8, 4) is 0 Å². The molecule has 0 saturated carbocycles. The van der Waals surface area contributed by atoms with E-state index < -0.39 is 29.4 Å². The summed E-state index contributed by atoms with van der Waals surface area (Å²) in [5, 5.41) is 7.45. The molecule has 0 atom stereocenters. The van der Waals surface area contributed by atoms with E-state index in [4.69, 9.17) is 23.2 Å². The zero-order valence-electron chi connectivity index (χ0n) is 12.8. The molecule has 0 spiro atoms. The lowest BCUT2D eigenvalue weighted by Gasteiger charge is -2.16. The second-order valence-corrected chi connectivity index (χ2v) is 5.97. The number of aromatic amines is 1. The number of H-pyrrole nitrogens is 1. The minimum absolute atomic E-state index is 0.0116. The number of benzene rings is 1. The van der Waals surface area contributed by atoms with Gasteiger partial charge in [0.1, 0.15) is 5.69 Å². The van der Waals surface area contributed by atoms with Crippen LogP contribution < -0.4 is 5.32 Å². The van der Waals surface area contributed by atoms with Gasteiger partial charge in [0.05, 0.1) is 16.3 Å². The summed E-state index contributed by atoms with van der Waals surface area (Å²) in [6.45, 7) is 0. The van der Waals surface area contributed by atoms with Crippen LogP contribution in [-0.2, 0) is 6.18 Å². The molecule has 2 amide bonds. The molecule has 25 heavy (non-hydrogen) atoms. The second-order valence-electron chi connectivity index (χ2n) is 5.13. The summed E-state index contributed by atoms with van der Waals surface area (Å²) in [7, 11) is 2.96. The molecule has 0 aliphatic carbocycles. The van der Waals surface area contributed by atoms with Gasteiger partial charge in [0.25, 0.3) is 11.8 Å². The monoisotopic (exact) mass is 394 g/mol. The van der Waals surface area contributed by atoms with Crippen LogP contribution >= 0.6 is 23.2 Å². The fraction of sp³-hybridized carbons (Fsp3) is 0.214. The number of amides is 2. The summed E-state index contributed by atoms with van der Waals surface area (Å²) >= 11 is 11.9. The van der Waals surface area contributed by atoms with E-state index in [1.807, 2.05) is 0 Å². The lowest BCUT2D eigenvalue weighted by molar-refractivity contribution is -0.141. The fourth-order valence-corrected chi connectivity index (χ4v) is 2.41. The van der Waals surface area contributed by atoms with Crippen molar-refractivity contribution in [1.82, 2.24) is 15.1 Å². The minimum Gasteiger partial charge on any atom is -0.345 e. The molecule has 134 valence electrons. The molecule has 0 saturated heterocycles. The van der Waals surface area contributed by atoms with Gasteiger partial charge < -0.3 is 10.2 Å². The molecule has 0 aliphatic rings. The molecule has 1 heterocycles. The molecular formula is C14H11Cl2F3N4O2. The highest BCUT2D eigenvalue weighted by molar-refractivity contribution is 6.38. The molecule has 1 aromatic carbocycles. The van der Waals surface area contributed by atoms with Gasteiger partial charge in [-0.15, -0.1) is 0 Å². The first kappa shape index (κ1) is 19.1. The maximum absolute atomic E-state index is 12.6. The van der Waals surface area contributed by atoms with Crippen LogP contribution in [0.15, 0.2) is 18.2 Å². The third kappa shape index (κ3) is 4.23. The van der Waals surface area contributed by atoms with Crippen LogP contribution in [0.4, 0.5) is 18.9 Å². The lowest BCUT2D eigenvalue weighted by Crippen LogP contribution is -2.24. The van der Waals surface area contributed by atoms with E-state index in [2.05, 4.69) is 10.4 Å². The zero-order chi connectivity index (χ0) is 18.9. The quantitative estimate of drug-likeness (QED) is 0.832. The first-order chi connectivity index (χ1) is 11.5. The van der Waals surface area contributed by atoms with Gasteiger partial charge in [0.15, 0.2) is 5.69 Å². The number of halogens is 5. The molecule has 6 nitrogen and oxygen atoms in total. The predicted molar refractivity (Wildman–Crippen MR) is 86.0 cm³/mol. The number of rotatable bonds is 3. The van der Waals surface area contributed by atoms with E-state index in [-0.39, 0.29) is 21.3 Å². The molecule has 0 radical (unpaired) electrons. The minimum atomic E-state index is -4.67. The Balaban J connectivity index is 2.38. The van der Waals surface area contributed by atoms with Crippen LogP contribution in [0, 0.1) is 0 Å². The average Bonchev–Trinajstić information content (AvgIpc) is 2.98. The Bertz CT molecular complexity index is 834. The Morgan fingerprint density at radius 1 is 1.20 bits per heavy atom. The summed E-state index contributed by atoms with van der Waals surface area (Å²) in [6, 6.07) is 3.13. The Kier molecular flexibility index (Phi) is 5.28. The zero-order valence-corrected chi connectivity index (χ0v) is 14.3. The smallest absolute Gasteiger partial charge is 0.345 e. The van der Waals surface area contributed by atoms with Gasteiger partial charge in [-0.3, -0.25) is 14.7 Å². The van der Waals surface area contributed by atoms with Gasteiger partial charge in [0.2, 0.25) is 0 Å². The summed E-state index contributed by atoms with van der Waals surface area (Å²) in [5.74, 6) is -1.47. The molecular weight excluding hydrogens is 384 g/mol. The number of nitrogens with one attached hydrogen (secondary N) is 2. The molecule has 11 heteroatoms. The number of carbonyl (C=O) groups excluding carboxylic acids is 2. The number of hydrogen-bond acceptors (Lipinski definition) is 3. The summed E-state index contributed by atoms with van der Waals surface area (Å²) in [6.07, 6.45) is -4.67. The van der Waals surface area contributed by atoms with Gasteiger partial charge in [-0.25, -0.2) is 0 Å². The fourth-order valence-electron chi connectivity index (χ4n) is 1.87. The van der Waals surface area contributed by atoms with Crippen LogP contribution in [0.25, 0.3) is 0 Å². The molecule has 2 rings (SSSR count). The molecule has 2 aromatic rings. The molecule has 0 bridgehead atoms. The number of aromatic nitrogens is 2. The topological polar surface area (TPSA) is 78.1 Å². The molecule has 2 N–H and O–H groups in total. The molecule has 1 aromatic heterocycles. The SMILES string of the molecule is CN(C)C(=O)c1cc(Cl)cc(Cl)c1NC(=O)c1cc(C(F)(F)F)[nH]n1. The van der Waals surface area contributed by atoms with Crippen LogP contribution in [-0.4, -0.2) is 41.0 Å². The normalized spacial score (nSPS) is 11.3. The van der Waals surface area contributed by atoms with Crippen molar-refractivity contribution >= 4 is 40.7 Å². The first-order valence-corrected chi connectivity index (χ1v) is 7.41. The Morgan fingerprint density at radius 2 is 1.84 bits per heavy atom. The predicted octanol–water partition coefficient (Wildman–Crippen LogP) is 3.69. The maximum Gasteiger partial charge on any atom is 0.432 e. The highest BCUT2D eigenvalue weighted by atomic mass is 35.5. The largest absolute Gasteiger partial charge is 0.432 e. The van der Waals surface area contributed by atoms with Crippen molar-refractivity contribution < 1.29 is 22.8 Å². The Labute approximate surface area is 149 Å². The van der Waals surface area contributed by atoms with E-state index in [0.717, 1.165) is 0 Å². The third-order valence-electron chi connectivity index (χ3n) is 3.05. The van der Waals surface area contributed by atoms with Crippen molar-refractivity contribution in [3.05, 3.63) is 45.2 Å². The lowest BCUT2D eigenvalue weighted by atomic mass is 10.1. The van der Waals surface area contributed by atoms with Crippen LogP contribution in [0.1, 0.15) is 26.5 Å². The molecule has 0 unspecified atom stereocenters. The van der Waals surface area contributed by atoms with Gasteiger partial charge in [-0.1, -0.05) is 23.2 Å². The standard InChI is InChI=1S/C14H11Cl2F3N4O2/c1-23(2)13(25)7-3-6(15)4-8(16)11(7)20-12(24)9-5-10(22-21-9)14(17,18)19/h3-5H,1-2H3,(H,20,24)(H,21,22). The summed E-state index contributed by atoms with van der Waals surface area (Å²) in [5.41, 5.74) is -1.78. The third-order valence-corrected chi connectivity index (χ3v) is 3.56. The van der Waals surface area contributed by atoms with Crippen LogP contribution in [0.5, 0.6) is 0 Å². The van der Waals surface area contributed by atoms with Crippen molar-refractivity contribution in [2.75, 3.05) is 19.4 Å². The van der Waals surface area contributed by atoms with E-state index >= 15 is 0 Å². The van der Waals surface area contributed by atoms with Gasteiger partial charge in [-0.2, -0.15) is 18.3 Å². The highest BCUT2D eigenvalue weighted by Crippen LogP contribution is 2.32. The van der Waals surface area contributed by atoms with Gasteiger partial charge >= 0.3 is 6.18 Å². The van der Waals surface area contributed by atoms with E-state index in [1.54, 1.807) is 5.10 Å². The summed E-state index contributed by atoms with van der Waals surface area (Å²) in [4.78, 5) is 25.6. The van der Waals surface area contributed by atoms with Crippen molar-refractivity contribution in [1.29, 1.82) is 0 Å².